The van der Waals surface area contributed by atoms with E-state index in [1.807, 2.05) is 11.8 Å². The second-order valence-corrected chi connectivity index (χ2v) is 7.04. The lowest BCUT2D eigenvalue weighted by molar-refractivity contribution is 0.140. The normalized spacial score (nSPS) is 19.3. The summed E-state index contributed by atoms with van der Waals surface area (Å²) in [4.78, 5) is 0. The molecule has 108 valence electrons. The number of thioether (sulfide) groups is 1. The van der Waals surface area contributed by atoms with Crippen molar-refractivity contribution in [1.29, 1.82) is 0 Å². The zero-order valence-corrected chi connectivity index (χ0v) is 13.2. The maximum Gasteiger partial charge on any atom is 0.0667 e. The van der Waals surface area contributed by atoms with Crippen LogP contribution in [0.5, 0.6) is 0 Å². The maximum atomic E-state index is 10.1. The van der Waals surface area contributed by atoms with Gasteiger partial charge in [0, 0.05) is 17.8 Å². The van der Waals surface area contributed by atoms with E-state index in [0.717, 1.165) is 25.4 Å². The highest BCUT2D eigenvalue weighted by molar-refractivity contribution is 8.00. The van der Waals surface area contributed by atoms with Crippen LogP contribution in [0.1, 0.15) is 58.8 Å². The Morgan fingerprint density at radius 2 is 1.89 bits per heavy atom. The van der Waals surface area contributed by atoms with Crippen LogP contribution in [-0.4, -0.2) is 35.3 Å². The van der Waals surface area contributed by atoms with Crippen LogP contribution in [0.4, 0.5) is 0 Å². The van der Waals surface area contributed by atoms with Crippen molar-refractivity contribution in [2.45, 2.75) is 69.6 Å². The number of aliphatic hydroxyl groups is 1. The van der Waals surface area contributed by atoms with Gasteiger partial charge in [0.2, 0.25) is 0 Å². The van der Waals surface area contributed by atoms with Gasteiger partial charge in [0.1, 0.15) is 0 Å². The Morgan fingerprint density at radius 1 is 1.28 bits per heavy atom. The number of hydrogen-bond donors (Lipinski definition) is 2. The van der Waals surface area contributed by atoms with Crippen LogP contribution in [0.15, 0.2) is 0 Å². The van der Waals surface area contributed by atoms with Crippen LogP contribution in [0.2, 0.25) is 0 Å². The summed E-state index contributed by atoms with van der Waals surface area (Å²) in [7, 11) is 0. The van der Waals surface area contributed by atoms with E-state index in [4.69, 9.17) is 0 Å². The fraction of sp³-hybridized carbons (Fsp3) is 1.00. The van der Waals surface area contributed by atoms with Crippen LogP contribution in [0.25, 0.3) is 0 Å². The molecule has 0 aromatic rings. The first-order valence-electron chi connectivity index (χ1n) is 7.59. The van der Waals surface area contributed by atoms with Gasteiger partial charge in [-0.25, -0.2) is 0 Å². The largest absolute Gasteiger partial charge is 0.392 e. The van der Waals surface area contributed by atoms with Crippen molar-refractivity contribution in [2.24, 2.45) is 5.92 Å². The molecule has 0 radical (unpaired) electrons. The van der Waals surface area contributed by atoms with Crippen LogP contribution in [0.3, 0.4) is 0 Å². The number of rotatable bonds is 9. The molecule has 0 saturated heterocycles. The molecule has 0 spiro atoms. The molecule has 1 aliphatic carbocycles. The van der Waals surface area contributed by atoms with Gasteiger partial charge >= 0.3 is 0 Å². The van der Waals surface area contributed by atoms with E-state index in [9.17, 15) is 5.11 Å². The highest BCUT2D eigenvalue weighted by atomic mass is 32.2. The minimum atomic E-state index is -0.152. The predicted octanol–water partition coefficient (Wildman–Crippen LogP) is 3.44. The summed E-state index contributed by atoms with van der Waals surface area (Å²) in [6.45, 7) is 6.30. The van der Waals surface area contributed by atoms with Gasteiger partial charge in [0.25, 0.3) is 0 Å². The first-order valence-corrected chi connectivity index (χ1v) is 8.82. The third-order valence-electron chi connectivity index (χ3n) is 4.63. The summed E-state index contributed by atoms with van der Waals surface area (Å²) in [6.07, 6.45) is 10.8. The van der Waals surface area contributed by atoms with E-state index in [2.05, 4.69) is 25.4 Å². The molecular formula is C15H31NOS. The maximum absolute atomic E-state index is 10.1. The molecule has 0 amide bonds. The fourth-order valence-electron chi connectivity index (χ4n) is 3.04. The molecule has 0 bridgehead atoms. The van der Waals surface area contributed by atoms with Gasteiger partial charge in [0.05, 0.1) is 6.10 Å². The third kappa shape index (κ3) is 5.10. The van der Waals surface area contributed by atoms with Crippen LogP contribution < -0.4 is 5.32 Å². The molecule has 3 heteroatoms. The zero-order chi connectivity index (χ0) is 13.4. The summed E-state index contributed by atoms with van der Waals surface area (Å²) < 4.78 is 0.354. The molecule has 2 nitrogen and oxygen atoms in total. The Hall–Kier alpha value is 0.270. The lowest BCUT2D eigenvalue weighted by Crippen LogP contribution is -2.40. The highest BCUT2D eigenvalue weighted by Crippen LogP contribution is 2.30. The van der Waals surface area contributed by atoms with E-state index < -0.39 is 0 Å². The van der Waals surface area contributed by atoms with E-state index in [1.165, 1.54) is 38.5 Å². The van der Waals surface area contributed by atoms with Crippen molar-refractivity contribution in [2.75, 3.05) is 19.3 Å². The molecule has 2 N–H and O–H groups in total. The molecule has 1 aliphatic rings. The smallest absolute Gasteiger partial charge is 0.0667 e. The van der Waals surface area contributed by atoms with E-state index in [0.29, 0.717) is 4.75 Å². The first-order chi connectivity index (χ1) is 8.65. The molecule has 1 fully saturated rings. The topological polar surface area (TPSA) is 32.3 Å². The minimum absolute atomic E-state index is 0.152. The molecule has 1 atom stereocenters. The molecule has 0 aromatic carbocycles. The summed E-state index contributed by atoms with van der Waals surface area (Å²) >= 11 is 1.96. The van der Waals surface area contributed by atoms with Crippen LogP contribution >= 0.6 is 11.8 Å². The standard InChI is InChI=1S/C15H31NOS/c1-4-15(5-2,18-3)12-16-11-14(17)10-13-8-6-7-9-13/h13-14,16-17H,4-12H2,1-3H3. The minimum Gasteiger partial charge on any atom is -0.392 e. The SMILES string of the molecule is CCC(CC)(CNCC(O)CC1CCCC1)SC. The average molecular weight is 273 g/mol. The molecule has 18 heavy (non-hydrogen) atoms. The molecule has 1 rings (SSSR count). The fourth-order valence-corrected chi connectivity index (χ4v) is 3.87. The van der Waals surface area contributed by atoms with Crippen molar-refractivity contribution >= 4 is 11.8 Å². The van der Waals surface area contributed by atoms with Gasteiger partial charge in [-0.1, -0.05) is 39.5 Å². The van der Waals surface area contributed by atoms with Gasteiger partial charge in [-0.15, -0.1) is 0 Å². The highest BCUT2D eigenvalue weighted by Gasteiger charge is 2.25. The van der Waals surface area contributed by atoms with Crippen LogP contribution in [0, 0.1) is 5.92 Å². The molecule has 0 heterocycles. The van der Waals surface area contributed by atoms with Crippen molar-refractivity contribution in [3.8, 4) is 0 Å². The predicted molar refractivity (Wildman–Crippen MR) is 82.3 cm³/mol. The Balaban J connectivity index is 2.18. The van der Waals surface area contributed by atoms with E-state index >= 15 is 0 Å². The number of aliphatic hydroxyl groups excluding tert-OH is 1. The molecule has 1 unspecified atom stereocenters. The Morgan fingerprint density at radius 3 is 2.39 bits per heavy atom. The Labute approximate surface area is 117 Å². The monoisotopic (exact) mass is 273 g/mol. The van der Waals surface area contributed by atoms with Gasteiger partial charge in [-0.3, -0.25) is 0 Å². The lowest BCUT2D eigenvalue weighted by atomic mass is 9.99. The van der Waals surface area contributed by atoms with Crippen molar-refractivity contribution in [1.82, 2.24) is 5.32 Å². The average Bonchev–Trinajstić information content (AvgIpc) is 2.88. The third-order valence-corrected chi connectivity index (χ3v) is 6.22. The summed E-state index contributed by atoms with van der Waals surface area (Å²) in [5.41, 5.74) is 0. The van der Waals surface area contributed by atoms with E-state index in [-0.39, 0.29) is 6.10 Å². The van der Waals surface area contributed by atoms with Crippen molar-refractivity contribution in [3.05, 3.63) is 0 Å². The quantitative estimate of drug-likeness (QED) is 0.675. The second-order valence-electron chi connectivity index (χ2n) is 5.77. The molecule has 0 aromatic heterocycles. The summed E-state index contributed by atoms with van der Waals surface area (Å²) in [5.74, 6) is 0.782. The van der Waals surface area contributed by atoms with E-state index in [1.54, 1.807) is 0 Å². The zero-order valence-electron chi connectivity index (χ0n) is 12.4. The van der Waals surface area contributed by atoms with Gasteiger partial charge in [0.15, 0.2) is 0 Å². The van der Waals surface area contributed by atoms with Gasteiger partial charge in [-0.05, 0) is 31.4 Å². The molecular weight excluding hydrogens is 242 g/mol. The van der Waals surface area contributed by atoms with Crippen molar-refractivity contribution in [3.63, 3.8) is 0 Å². The molecule has 1 saturated carbocycles. The first kappa shape index (κ1) is 16.3. The second kappa shape index (κ2) is 8.44. The van der Waals surface area contributed by atoms with Crippen molar-refractivity contribution < 1.29 is 5.11 Å². The Kier molecular flexibility index (Phi) is 7.66. The number of hydrogen-bond acceptors (Lipinski definition) is 3. The lowest BCUT2D eigenvalue weighted by Gasteiger charge is -2.30. The van der Waals surface area contributed by atoms with Gasteiger partial charge < -0.3 is 10.4 Å². The van der Waals surface area contributed by atoms with Crippen LogP contribution in [-0.2, 0) is 0 Å². The molecule has 0 aliphatic heterocycles. The number of nitrogens with one attached hydrogen (secondary N) is 1. The summed E-state index contributed by atoms with van der Waals surface area (Å²) in [6, 6.07) is 0. The summed E-state index contributed by atoms with van der Waals surface area (Å²) in [5, 5.41) is 13.5. The van der Waals surface area contributed by atoms with Gasteiger partial charge in [-0.2, -0.15) is 11.8 Å². The Bertz CT molecular complexity index is 204.